The third kappa shape index (κ3) is 3.59. The number of nitrogens with zero attached hydrogens (tertiary/aromatic N) is 2. The number of pyridine rings is 1. The maximum atomic E-state index is 5.12. The van der Waals surface area contributed by atoms with E-state index in [0.717, 1.165) is 16.7 Å². The number of para-hydroxylation sites is 3. The summed E-state index contributed by atoms with van der Waals surface area (Å²) >= 11 is 0. The summed E-state index contributed by atoms with van der Waals surface area (Å²) in [5, 5.41) is 12.8. The van der Waals surface area contributed by atoms with Crippen molar-refractivity contribution in [3.8, 4) is 0 Å². The van der Waals surface area contributed by atoms with Crippen molar-refractivity contribution in [1.29, 1.82) is 0 Å². The lowest BCUT2D eigenvalue weighted by Gasteiger charge is -2.21. The monoisotopic (exact) mass is 552 g/mol. The Morgan fingerprint density at radius 2 is 0.952 bits per heavy atom. The van der Waals surface area contributed by atoms with Crippen LogP contribution in [0.5, 0.6) is 0 Å². The van der Waals surface area contributed by atoms with Gasteiger partial charge in [0.2, 0.25) is 0 Å². The number of rotatable bonds is 3. The van der Waals surface area contributed by atoms with Crippen LogP contribution in [0.2, 0.25) is 0 Å². The van der Waals surface area contributed by atoms with Gasteiger partial charge >= 0.3 is 0 Å². The second-order valence-electron chi connectivity index (χ2n) is 10.9. The first-order valence-electron chi connectivity index (χ1n) is 14.3. The van der Waals surface area contributed by atoms with Gasteiger partial charge in [-0.05, 0) is 93.2 Å². The standard InChI is InChI=1S/C39H25N2P/c1-3-11-28-23-30(19-17-26(28)9-1)42(31-20-18-27-10-2-4-12-29(27)24-31)32-21-22-34-35(25-32)33-13-5-7-15-37(33)41-38-16-8-6-14-36(38)40-39(34)41/h1-25H. The fraction of sp³-hybridized carbons (Fsp3) is 0. The van der Waals surface area contributed by atoms with Crippen molar-refractivity contribution in [2.45, 2.75) is 0 Å². The second-order valence-corrected chi connectivity index (χ2v) is 13.1. The lowest BCUT2D eigenvalue weighted by molar-refractivity contribution is 1.32. The molecule has 2 aromatic heterocycles. The highest BCUT2D eigenvalue weighted by Crippen LogP contribution is 2.38. The molecular formula is C39H25N2P. The number of hydrogen-bond acceptors (Lipinski definition) is 1. The van der Waals surface area contributed by atoms with E-state index < -0.39 is 7.92 Å². The van der Waals surface area contributed by atoms with Crippen molar-refractivity contribution in [2.75, 3.05) is 0 Å². The summed E-state index contributed by atoms with van der Waals surface area (Å²) in [5.74, 6) is 0. The van der Waals surface area contributed by atoms with Gasteiger partial charge < -0.3 is 0 Å². The molecule has 7 aromatic carbocycles. The van der Waals surface area contributed by atoms with Crippen LogP contribution in [0.4, 0.5) is 0 Å². The van der Waals surface area contributed by atoms with Gasteiger partial charge in [-0.3, -0.25) is 4.40 Å². The van der Waals surface area contributed by atoms with Crippen molar-refractivity contribution in [3.63, 3.8) is 0 Å². The average molecular weight is 553 g/mol. The van der Waals surface area contributed by atoms with Crippen molar-refractivity contribution in [3.05, 3.63) is 152 Å². The zero-order valence-electron chi connectivity index (χ0n) is 22.8. The summed E-state index contributed by atoms with van der Waals surface area (Å²) in [6.45, 7) is 0. The van der Waals surface area contributed by atoms with Crippen molar-refractivity contribution < 1.29 is 0 Å². The van der Waals surface area contributed by atoms with E-state index in [9.17, 15) is 0 Å². The topological polar surface area (TPSA) is 17.3 Å². The summed E-state index contributed by atoms with van der Waals surface area (Å²) in [6, 6.07) is 55.6. The van der Waals surface area contributed by atoms with Gasteiger partial charge in [0.1, 0.15) is 5.65 Å². The summed E-state index contributed by atoms with van der Waals surface area (Å²) in [7, 11) is -0.811. The number of fused-ring (bicyclic) bond motifs is 10. The molecule has 0 unspecified atom stereocenters. The predicted molar refractivity (Wildman–Crippen MR) is 181 cm³/mol. The number of aromatic nitrogens is 2. The summed E-state index contributed by atoms with van der Waals surface area (Å²) in [6.07, 6.45) is 0. The molecule has 0 spiro atoms. The average Bonchev–Trinajstić information content (AvgIpc) is 3.45. The van der Waals surface area contributed by atoms with Crippen LogP contribution < -0.4 is 15.9 Å². The minimum absolute atomic E-state index is 0.811. The zero-order valence-corrected chi connectivity index (χ0v) is 23.7. The largest absolute Gasteiger partial charge is 0.292 e. The first-order chi connectivity index (χ1) is 20.8. The molecular weight excluding hydrogens is 527 g/mol. The van der Waals surface area contributed by atoms with E-state index in [4.69, 9.17) is 4.98 Å². The van der Waals surface area contributed by atoms with Gasteiger partial charge in [0.15, 0.2) is 0 Å². The molecule has 3 heteroatoms. The molecule has 0 saturated heterocycles. The lowest BCUT2D eigenvalue weighted by Crippen LogP contribution is -2.20. The molecule has 9 rings (SSSR count). The van der Waals surface area contributed by atoms with Gasteiger partial charge in [0, 0.05) is 10.8 Å². The highest BCUT2D eigenvalue weighted by Gasteiger charge is 2.20. The number of imidazole rings is 1. The van der Waals surface area contributed by atoms with Gasteiger partial charge in [0.25, 0.3) is 0 Å². The van der Waals surface area contributed by atoms with E-state index in [0.29, 0.717) is 0 Å². The Hall–Kier alpha value is -5.04. The Morgan fingerprint density at radius 1 is 0.405 bits per heavy atom. The van der Waals surface area contributed by atoms with Gasteiger partial charge in [-0.25, -0.2) is 4.98 Å². The van der Waals surface area contributed by atoms with Gasteiger partial charge in [-0.1, -0.05) is 109 Å². The Kier molecular flexibility index (Phi) is 5.20. The summed E-state index contributed by atoms with van der Waals surface area (Å²) in [5.41, 5.74) is 4.36. The van der Waals surface area contributed by atoms with E-state index in [1.54, 1.807) is 0 Å². The Morgan fingerprint density at radius 3 is 1.67 bits per heavy atom. The van der Waals surface area contributed by atoms with Gasteiger partial charge in [0.05, 0.1) is 16.6 Å². The molecule has 196 valence electrons. The van der Waals surface area contributed by atoms with Crippen LogP contribution in [0.1, 0.15) is 0 Å². The zero-order chi connectivity index (χ0) is 27.6. The maximum absolute atomic E-state index is 5.12. The summed E-state index contributed by atoms with van der Waals surface area (Å²) < 4.78 is 2.32. The molecule has 9 aromatic rings. The van der Waals surface area contributed by atoms with Crippen LogP contribution in [0, 0.1) is 0 Å². The van der Waals surface area contributed by atoms with Crippen LogP contribution >= 0.6 is 7.92 Å². The SMILES string of the molecule is c1ccc2cc(P(c3ccc4ccccc4c3)c3ccc4c(c3)c3ccccc3n3c5ccccc5nc43)ccc2c1. The van der Waals surface area contributed by atoms with Gasteiger partial charge in [-0.15, -0.1) is 0 Å². The Labute approximate surface area is 244 Å². The Balaban J connectivity index is 1.35. The van der Waals surface area contributed by atoms with Crippen LogP contribution in [0.3, 0.4) is 0 Å². The smallest absolute Gasteiger partial charge is 0.146 e. The first-order valence-corrected chi connectivity index (χ1v) is 15.7. The fourth-order valence-corrected chi connectivity index (χ4v) is 8.87. The Bertz CT molecular complexity index is 2410. The number of benzene rings is 7. The minimum Gasteiger partial charge on any atom is -0.292 e. The molecule has 0 aliphatic rings. The molecule has 0 amide bonds. The molecule has 0 aliphatic heterocycles. The van der Waals surface area contributed by atoms with Crippen LogP contribution in [0.25, 0.3) is 59.9 Å². The molecule has 2 heterocycles. The lowest BCUT2D eigenvalue weighted by atomic mass is 10.1. The van der Waals surface area contributed by atoms with Gasteiger partial charge in [-0.2, -0.15) is 0 Å². The first kappa shape index (κ1) is 23.6. The normalized spacial score (nSPS) is 12.0. The van der Waals surface area contributed by atoms with Crippen molar-refractivity contribution in [1.82, 2.24) is 9.38 Å². The number of hydrogen-bond donors (Lipinski definition) is 0. The van der Waals surface area contributed by atoms with E-state index in [1.807, 2.05) is 0 Å². The van der Waals surface area contributed by atoms with E-state index in [1.165, 1.54) is 59.1 Å². The third-order valence-electron chi connectivity index (χ3n) is 8.48. The molecule has 0 aliphatic carbocycles. The van der Waals surface area contributed by atoms with E-state index >= 15 is 0 Å². The van der Waals surface area contributed by atoms with Crippen LogP contribution in [-0.4, -0.2) is 9.38 Å². The van der Waals surface area contributed by atoms with Crippen LogP contribution in [0.15, 0.2) is 152 Å². The fourth-order valence-electron chi connectivity index (χ4n) is 6.51. The quantitative estimate of drug-likeness (QED) is 0.158. The van der Waals surface area contributed by atoms with Crippen molar-refractivity contribution >= 4 is 83.7 Å². The predicted octanol–water partition coefficient (Wildman–Crippen LogP) is 8.86. The van der Waals surface area contributed by atoms with Crippen molar-refractivity contribution in [2.24, 2.45) is 0 Å². The highest BCUT2D eigenvalue weighted by atomic mass is 31.1. The second kappa shape index (κ2) is 9.24. The third-order valence-corrected chi connectivity index (χ3v) is 10.9. The summed E-state index contributed by atoms with van der Waals surface area (Å²) in [4.78, 5) is 5.12. The molecule has 0 radical (unpaired) electrons. The van der Waals surface area contributed by atoms with E-state index in [-0.39, 0.29) is 0 Å². The molecule has 42 heavy (non-hydrogen) atoms. The van der Waals surface area contributed by atoms with Crippen LogP contribution in [-0.2, 0) is 0 Å². The molecule has 0 fully saturated rings. The minimum atomic E-state index is -0.811. The maximum Gasteiger partial charge on any atom is 0.146 e. The molecule has 0 N–H and O–H groups in total. The molecule has 2 nitrogen and oxygen atoms in total. The van der Waals surface area contributed by atoms with E-state index in [2.05, 4.69) is 156 Å². The highest BCUT2D eigenvalue weighted by molar-refractivity contribution is 7.79. The molecule has 0 bridgehead atoms. The molecule has 0 atom stereocenters. The molecule has 0 saturated carbocycles.